The number of nitrogens with one attached hydrogen (secondary N) is 1. The van der Waals surface area contributed by atoms with Crippen LogP contribution in [0.25, 0.3) is 0 Å². The first-order valence-corrected chi connectivity index (χ1v) is 8.52. The number of hydrogen-bond donors (Lipinski definition) is 1. The molecule has 26 heavy (non-hydrogen) atoms. The van der Waals surface area contributed by atoms with Crippen LogP contribution in [0.15, 0.2) is 35.5 Å². The Morgan fingerprint density at radius 2 is 1.96 bits per heavy atom. The standard InChI is InChI=1S/C19H26N2O5/c1-13(20-17(23)25-18(2,3)4)15-12-19(26-21-15,16(22)24-5)11-14-9-7-6-8-10-14/h6-10,13H,11-12H2,1-5H3,(H,20,23). The van der Waals surface area contributed by atoms with E-state index in [4.69, 9.17) is 14.3 Å². The number of alkyl carbamates (subject to hydrolysis) is 1. The fourth-order valence-electron chi connectivity index (χ4n) is 2.69. The molecule has 7 nitrogen and oxygen atoms in total. The van der Waals surface area contributed by atoms with Crippen LogP contribution in [0.1, 0.15) is 39.7 Å². The van der Waals surface area contributed by atoms with Gasteiger partial charge in [0.1, 0.15) is 5.60 Å². The zero-order valence-corrected chi connectivity index (χ0v) is 15.9. The van der Waals surface area contributed by atoms with Gasteiger partial charge in [-0.2, -0.15) is 0 Å². The van der Waals surface area contributed by atoms with Crippen LogP contribution < -0.4 is 5.32 Å². The van der Waals surface area contributed by atoms with Gasteiger partial charge in [0, 0.05) is 12.8 Å². The highest BCUT2D eigenvalue weighted by atomic mass is 16.7. The summed E-state index contributed by atoms with van der Waals surface area (Å²) in [5.41, 5.74) is -0.338. The molecule has 0 aliphatic carbocycles. The summed E-state index contributed by atoms with van der Waals surface area (Å²) in [7, 11) is 1.32. The van der Waals surface area contributed by atoms with Gasteiger partial charge in [-0.1, -0.05) is 35.5 Å². The Bertz CT molecular complexity index is 681. The average molecular weight is 362 g/mol. The molecule has 1 aliphatic heterocycles. The minimum absolute atomic E-state index is 0.228. The number of rotatable bonds is 5. The molecule has 1 aromatic rings. The maximum absolute atomic E-state index is 12.4. The zero-order valence-electron chi connectivity index (χ0n) is 15.9. The van der Waals surface area contributed by atoms with E-state index in [0.717, 1.165) is 5.56 Å². The van der Waals surface area contributed by atoms with Crippen LogP contribution in [-0.2, 0) is 25.5 Å². The van der Waals surface area contributed by atoms with Gasteiger partial charge < -0.3 is 19.6 Å². The maximum atomic E-state index is 12.4. The molecule has 0 saturated heterocycles. The second kappa shape index (κ2) is 7.76. The number of benzene rings is 1. The Morgan fingerprint density at radius 3 is 2.54 bits per heavy atom. The Balaban J connectivity index is 2.07. The fourth-order valence-corrected chi connectivity index (χ4v) is 2.69. The summed E-state index contributed by atoms with van der Waals surface area (Å²) in [6, 6.07) is 9.07. The summed E-state index contributed by atoms with van der Waals surface area (Å²) >= 11 is 0. The van der Waals surface area contributed by atoms with Crippen molar-refractivity contribution in [1.29, 1.82) is 0 Å². The number of carbonyl (C=O) groups is 2. The molecule has 142 valence electrons. The summed E-state index contributed by atoms with van der Waals surface area (Å²) in [4.78, 5) is 29.9. The number of ether oxygens (including phenoxy) is 2. The Hall–Kier alpha value is -2.57. The number of esters is 1. The molecule has 0 spiro atoms. The molecular formula is C19H26N2O5. The molecule has 2 rings (SSSR count). The van der Waals surface area contributed by atoms with Crippen LogP contribution in [0, 0.1) is 0 Å². The van der Waals surface area contributed by atoms with Crippen molar-refractivity contribution in [2.75, 3.05) is 7.11 Å². The molecule has 0 aromatic heterocycles. The Labute approximate surface area is 153 Å². The van der Waals surface area contributed by atoms with Gasteiger partial charge in [-0.15, -0.1) is 0 Å². The number of hydrogen-bond acceptors (Lipinski definition) is 6. The van der Waals surface area contributed by atoms with E-state index in [-0.39, 0.29) is 6.42 Å². The third kappa shape index (κ3) is 4.97. The summed E-state index contributed by atoms with van der Waals surface area (Å²) in [6.07, 6.45) is 0.00408. The average Bonchev–Trinajstić information content (AvgIpc) is 2.98. The van der Waals surface area contributed by atoms with Crippen molar-refractivity contribution in [3.05, 3.63) is 35.9 Å². The zero-order chi connectivity index (χ0) is 19.4. The van der Waals surface area contributed by atoms with Gasteiger partial charge in [0.05, 0.1) is 18.9 Å². The number of oxime groups is 1. The number of methoxy groups -OCH3 is 1. The van der Waals surface area contributed by atoms with Gasteiger partial charge in [0.15, 0.2) is 0 Å². The lowest BCUT2D eigenvalue weighted by Gasteiger charge is -2.24. The van der Waals surface area contributed by atoms with E-state index in [2.05, 4.69) is 10.5 Å². The van der Waals surface area contributed by atoms with Gasteiger partial charge in [0.25, 0.3) is 0 Å². The van der Waals surface area contributed by atoms with E-state index in [1.807, 2.05) is 30.3 Å². The van der Waals surface area contributed by atoms with E-state index in [9.17, 15) is 9.59 Å². The first-order chi connectivity index (χ1) is 12.1. The van der Waals surface area contributed by atoms with Crippen LogP contribution >= 0.6 is 0 Å². The molecule has 2 unspecified atom stereocenters. The van der Waals surface area contributed by atoms with Crippen LogP contribution in [0.5, 0.6) is 0 Å². The second-order valence-corrected chi connectivity index (χ2v) is 7.37. The summed E-state index contributed by atoms with van der Waals surface area (Å²) in [5.74, 6) is -0.496. The fraction of sp³-hybridized carbons (Fsp3) is 0.526. The molecule has 2 atom stereocenters. The first kappa shape index (κ1) is 19.8. The van der Waals surface area contributed by atoms with E-state index >= 15 is 0 Å². The normalized spacial score (nSPS) is 20.6. The highest BCUT2D eigenvalue weighted by Crippen LogP contribution is 2.30. The molecular weight excluding hydrogens is 336 g/mol. The van der Waals surface area contributed by atoms with Gasteiger partial charge >= 0.3 is 12.1 Å². The lowest BCUT2D eigenvalue weighted by molar-refractivity contribution is -0.166. The van der Waals surface area contributed by atoms with Gasteiger partial charge in [-0.25, -0.2) is 9.59 Å². The van der Waals surface area contributed by atoms with Crippen LogP contribution in [0.3, 0.4) is 0 Å². The van der Waals surface area contributed by atoms with Gasteiger partial charge in [-0.3, -0.25) is 0 Å². The predicted molar refractivity (Wildman–Crippen MR) is 96.9 cm³/mol. The monoisotopic (exact) mass is 362 g/mol. The van der Waals surface area contributed by atoms with Crippen molar-refractivity contribution in [3.8, 4) is 0 Å². The van der Waals surface area contributed by atoms with E-state index in [1.165, 1.54) is 7.11 Å². The molecule has 7 heteroatoms. The summed E-state index contributed by atoms with van der Waals surface area (Å²) < 4.78 is 10.2. The minimum Gasteiger partial charge on any atom is -0.466 e. The molecule has 1 aromatic carbocycles. The highest BCUT2D eigenvalue weighted by molar-refractivity contribution is 5.98. The molecule has 1 N–H and O–H groups in total. The third-order valence-electron chi connectivity index (χ3n) is 3.93. The summed E-state index contributed by atoms with van der Waals surface area (Å²) in [6.45, 7) is 7.13. The van der Waals surface area contributed by atoms with Crippen LogP contribution in [0.2, 0.25) is 0 Å². The number of amides is 1. The third-order valence-corrected chi connectivity index (χ3v) is 3.93. The van der Waals surface area contributed by atoms with Crippen molar-refractivity contribution < 1.29 is 23.9 Å². The van der Waals surface area contributed by atoms with E-state index in [0.29, 0.717) is 12.1 Å². The molecule has 1 aliphatic rings. The largest absolute Gasteiger partial charge is 0.466 e. The minimum atomic E-state index is -1.23. The van der Waals surface area contributed by atoms with Crippen molar-refractivity contribution >= 4 is 17.8 Å². The lowest BCUT2D eigenvalue weighted by atomic mass is 9.88. The molecule has 0 bridgehead atoms. The van der Waals surface area contributed by atoms with Crippen molar-refractivity contribution in [2.24, 2.45) is 5.16 Å². The molecule has 0 saturated carbocycles. The maximum Gasteiger partial charge on any atom is 0.408 e. The quantitative estimate of drug-likeness (QED) is 0.814. The van der Waals surface area contributed by atoms with Crippen molar-refractivity contribution in [1.82, 2.24) is 5.32 Å². The number of nitrogens with zero attached hydrogens (tertiary/aromatic N) is 1. The Morgan fingerprint density at radius 1 is 1.31 bits per heavy atom. The first-order valence-electron chi connectivity index (χ1n) is 8.52. The SMILES string of the molecule is COC(=O)C1(Cc2ccccc2)CC(C(C)NC(=O)OC(C)(C)C)=NO1. The van der Waals surface area contributed by atoms with Crippen LogP contribution in [-0.4, -0.2) is 42.1 Å². The van der Waals surface area contributed by atoms with Gasteiger partial charge in [0.2, 0.25) is 5.60 Å². The van der Waals surface area contributed by atoms with Crippen molar-refractivity contribution in [2.45, 2.75) is 57.8 Å². The number of carbonyl (C=O) groups excluding carboxylic acids is 2. The molecule has 0 radical (unpaired) electrons. The summed E-state index contributed by atoms with van der Waals surface area (Å²) in [5, 5.41) is 6.76. The van der Waals surface area contributed by atoms with Crippen molar-refractivity contribution in [3.63, 3.8) is 0 Å². The lowest BCUT2D eigenvalue weighted by Crippen LogP contribution is -2.46. The van der Waals surface area contributed by atoms with Gasteiger partial charge in [-0.05, 0) is 33.3 Å². The molecule has 0 fully saturated rings. The molecule has 1 heterocycles. The predicted octanol–water partition coefficient (Wildman–Crippen LogP) is 2.83. The smallest absolute Gasteiger partial charge is 0.408 e. The topological polar surface area (TPSA) is 86.2 Å². The van der Waals surface area contributed by atoms with Crippen LogP contribution in [0.4, 0.5) is 4.79 Å². The molecule has 1 amide bonds. The Kier molecular flexibility index (Phi) is 5.90. The highest BCUT2D eigenvalue weighted by Gasteiger charge is 2.49. The van der Waals surface area contributed by atoms with E-state index in [1.54, 1.807) is 27.7 Å². The van der Waals surface area contributed by atoms with E-state index < -0.39 is 29.3 Å². The second-order valence-electron chi connectivity index (χ2n) is 7.37.